The zero-order valence-electron chi connectivity index (χ0n) is 18.0. The summed E-state index contributed by atoms with van der Waals surface area (Å²) in [4.78, 5) is 61.0. The molecular formula is C22H21N3O8. The number of amides is 3. The van der Waals surface area contributed by atoms with E-state index >= 15 is 0 Å². The van der Waals surface area contributed by atoms with Crippen molar-refractivity contribution in [2.24, 2.45) is 0 Å². The fourth-order valence-corrected chi connectivity index (χ4v) is 3.35. The van der Waals surface area contributed by atoms with E-state index in [0.717, 1.165) is 4.90 Å². The van der Waals surface area contributed by atoms with Gasteiger partial charge < -0.3 is 14.8 Å². The van der Waals surface area contributed by atoms with Crippen molar-refractivity contribution in [2.75, 3.05) is 32.2 Å². The number of nitrogens with one attached hydrogen (secondary N) is 1. The average Bonchev–Trinajstić information content (AvgIpc) is 3.03. The Morgan fingerprint density at radius 3 is 2.55 bits per heavy atom. The van der Waals surface area contributed by atoms with E-state index in [4.69, 9.17) is 9.47 Å². The number of rotatable bonds is 9. The molecule has 1 aliphatic heterocycles. The number of hydrogen-bond donors (Lipinski definition) is 1. The largest absolute Gasteiger partial charge is 0.452 e. The number of nitro groups is 1. The summed E-state index contributed by atoms with van der Waals surface area (Å²) in [7, 11) is 1.52. The highest BCUT2D eigenvalue weighted by atomic mass is 16.6. The Morgan fingerprint density at radius 2 is 1.85 bits per heavy atom. The molecule has 172 valence electrons. The molecule has 0 aliphatic carbocycles. The summed E-state index contributed by atoms with van der Waals surface area (Å²) in [6, 6.07) is 8.20. The van der Waals surface area contributed by atoms with Gasteiger partial charge in [0.25, 0.3) is 23.4 Å². The number of hydrogen-bond acceptors (Lipinski definition) is 8. The van der Waals surface area contributed by atoms with Crippen molar-refractivity contribution >= 4 is 35.1 Å². The van der Waals surface area contributed by atoms with Crippen LogP contribution in [-0.4, -0.2) is 60.4 Å². The van der Waals surface area contributed by atoms with Gasteiger partial charge in [-0.3, -0.25) is 29.4 Å². The highest BCUT2D eigenvalue weighted by Gasteiger charge is 2.35. The first kappa shape index (κ1) is 23.5. The Kier molecular flexibility index (Phi) is 7.13. The summed E-state index contributed by atoms with van der Waals surface area (Å²) in [6.45, 7) is 1.43. The Morgan fingerprint density at radius 1 is 1.12 bits per heavy atom. The molecule has 11 nitrogen and oxygen atoms in total. The third-order valence-corrected chi connectivity index (χ3v) is 5.05. The molecule has 3 rings (SSSR count). The van der Waals surface area contributed by atoms with Gasteiger partial charge in [-0.2, -0.15) is 0 Å². The standard InChI is InChI=1S/C22H21N3O8/c1-13-17(5-3-6-18(13)25(30)31)23-19(26)12-33-22(29)14-7-8-15-16(11-14)21(28)24(20(15)27)9-4-10-32-2/h3,5-8,11H,4,9-10,12H2,1-2H3,(H,23,26). The van der Waals surface area contributed by atoms with E-state index in [2.05, 4.69) is 5.32 Å². The van der Waals surface area contributed by atoms with E-state index in [1.54, 1.807) is 0 Å². The minimum atomic E-state index is -0.859. The maximum Gasteiger partial charge on any atom is 0.338 e. The number of nitro benzene ring substituents is 1. The molecule has 1 heterocycles. The van der Waals surface area contributed by atoms with Crippen LogP contribution in [0.3, 0.4) is 0 Å². The maximum absolute atomic E-state index is 12.6. The first-order chi connectivity index (χ1) is 15.7. The van der Waals surface area contributed by atoms with Crippen LogP contribution in [0.25, 0.3) is 0 Å². The van der Waals surface area contributed by atoms with Crippen molar-refractivity contribution in [3.8, 4) is 0 Å². The predicted molar refractivity (Wildman–Crippen MR) is 115 cm³/mol. The summed E-state index contributed by atoms with van der Waals surface area (Å²) in [6.07, 6.45) is 0.482. The number of benzene rings is 2. The van der Waals surface area contributed by atoms with Crippen molar-refractivity contribution < 1.29 is 33.6 Å². The topological polar surface area (TPSA) is 145 Å². The molecule has 11 heteroatoms. The number of esters is 1. The molecule has 0 bridgehead atoms. The van der Waals surface area contributed by atoms with Gasteiger partial charge >= 0.3 is 5.97 Å². The third kappa shape index (κ3) is 5.04. The van der Waals surface area contributed by atoms with E-state index in [-0.39, 0.29) is 40.2 Å². The Labute approximate surface area is 188 Å². The van der Waals surface area contributed by atoms with Crippen LogP contribution in [0.4, 0.5) is 11.4 Å². The van der Waals surface area contributed by atoms with Crippen molar-refractivity contribution in [1.29, 1.82) is 0 Å². The van der Waals surface area contributed by atoms with Crippen LogP contribution in [0.5, 0.6) is 0 Å². The quantitative estimate of drug-likeness (QED) is 0.199. The van der Waals surface area contributed by atoms with E-state index in [1.807, 2.05) is 0 Å². The number of carbonyl (C=O) groups is 4. The van der Waals surface area contributed by atoms with Gasteiger partial charge in [0.15, 0.2) is 6.61 Å². The Bertz CT molecular complexity index is 1140. The van der Waals surface area contributed by atoms with Crippen LogP contribution in [-0.2, 0) is 14.3 Å². The highest BCUT2D eigenvalue weighted by molar-refractivity contribution is 6.22. The van der Waals surface area contributed by atoms with Crippen molar-refractivity contribution in [3.05, 3.63) is 68.8 Å². The lowest BCUT2D eigenvalue weighted by Crippen LogP contribution is -2.31. The molecule has 0 saturated carbocycles. The lowest BCUT2D eigenvalue weighted by Gasteiger charge is -2.12. The molecule has 0 fully saturated rings. The second-order valence-electron chi connectivity index (χ2n) is 7.20. The zero-order chi connectivity index (χ0) is 24.1. The molecule has 2 aromatic carbocycles. The molecule has 0 spiro atoms. The van der Waals surface area contributed by atoms with Crippen LogP contribution < -0.4 is 5.32 Å². The van der Waals surface area contributed by atoms with Gasteiger partial charge in [-0.25, -0.2) is 4.79 Å². The molecule has 0 unspecified atom stereocenters. The molecule has 2 aromatic rings. The van der Waals surface area contributed by atoms with Crippen LogP contribution in [0.1, 0.15) is 43.1 Å². The molecule has 1 N–H and O–H groups in total. The molecule has 3 amide bonds. The lowest BCUT2D eigenvalue weighted by atomic mass is 10.1. The van der Waals surface area contributed by atoms with Gasteiger partial charge in [-0.05, 0) is 37.6 Å². The van der Waals surface area contributed by atoms with Crippen molar-refractivity contribution in [2.45, 2.75) is 13.3 Å². The molecule has 0 radical (unpaired) electrons. The third-order valence-electron chi connectivity index (χ3n) is 5.05. The molecule has 0 atom stereocenters. The Hall–Kier alpha value is -4.12. The van der Waals surface area contributed by atoms with Gasteiger partial charge in [0, 0.05) is 26.3 Å². The van der Waals surface area contributed by atoms with Gasteiger partial charge in [-0.1, -0.05) is 6.07 Å². The summed E-state index contributed by atoms with van der Waals surface area (Å²) in [5, 5.41) is 13.5. The van der Waals surface area contributed by atoms with E-state index in [1.165, 1.54) is 50.4 Å². The summed E-state index contributed by atoms with van der Waals surface area (Å²) < 4.78 is 9.93. The minimum Gasteiger partial charge on any atom is -0.452 e. The van der Waals surface area contributed by atoms with Crippen molar-refractivity contribution in [3.63, 3.8) is 0 Å². The van der Waals surface area contributed by atoms with Crippen LogP contribution in [0.15, 0.2) is 36.4 Å². The highest BCUT2D eigenvalue weighted by Crippen LogP contribution is 2.26. The normalized spacial score (nSPS) is 12.5. The zero-order valence-corrected chi connectivity index (χ0v) is 18.0. The van der Waals surface area contributed by atoms with Gasteiger partial charge in [0.05, 0.1) is 32.9 Å². The first-order valence-electron chi connectivity index (χ1n) is 9.94. The smallest absolute Gasteiger partial charge is 0.338 e. The van der Waals surface area contributed by atoms with Crippen LogP contribution >= 0.6 is 0 Å². The molecule has 0 saturated heterocycles. The number of imide groups is 1. The number of ether oxygens (including phenoxy) is 2. The van der Waals surface area contributed by atoms with Gasteiger partial charge in [0.2, 0.25) is 0 Å². The van der Waals surface area contributed by atoms with Crippen LogP contribution in [0, 0.1) is 17.0 Å². The minimum absolute atomic E-state index is 0.00738. The molecule has 33 heavy (non-hydrogen) atoms. The average molecular weight is 455 g/mol. The molecule has 0 aromatic heterocycles. The number of carbonyl (C=O) groups excluding carboxylic acids is 4. The maximum atomic E-state index is 12.6. The fourth-order valence-electron chi connectivity index (χ4n) is 3.35. The summed E-state index contributed by atoms with van der Waals surface area (Å²) >= 11 is 0. The number of nitrogens with zero attached hydrogens (tertiary/aromatic N) is 2. The second-order valence-corrected chi connectivity index (χ2v) is 7.20. The molecular weight excluding hydrogens is 434 g/mol. The Balaban J connectivity index is 1.63. The molecule has 1 aliphatic rings. The second kappa shape index (κ2) is 10.0. The van der Waals surface area contributed by atoms with Gasteiger partial charge in [0.1, 0.15) is 0 Å². The van der Waals surface area contributed by atoms with Crippen molar-refractivity contribution in [1.82, 2.24) is 4.90 Å². The van der Waals surface area contributed by atoms with Crippen LogP contribution in [0.2, 0.25) is 0 Å². The number of anilines is 1. The first-order valence-corrected chi connectivity index (χ1v) is 9.94. The summed E-state index contributed by atoms with van der Waals surface area (Å²) in [5.74, 6) is -2.51. The number of methoxy groups -OCH3 is 1. The fraction of sp³-hybridized carbons (Fsp3) is 0.273. The lowest BCUT2D eigenvalue weighted by molar-refractivity contribution is -0.385. The van der Waals surface area contributed by atoms with E-state index < -0.39 is 35.2 Å². The van der Waals surface area contributed by atoms with E-state index in [9.17, 15) is 29.3 Å². The predicted octanol–water partition coefficient (Wildman–Crippen LogP) is 2.33. The van der Waals surface area contributed by atoms with Gasteiger partial charge in [-0.15, -0.1) is 0 Å². The van der Waals surface area contributed by atoms with E-state index in [0.29, 0.717) is 13.0 Å². The SMILES string of the molecule is COCCCN1C(=O)c2ccc(C(=O)OCC(=O)Nc3cccc([N+](=O)[O-])c3C)cc2C1=O. The number of fused-ring (bicyclic) bond motifs is 1. The monoisotopic (exact) mass is 455 g/mol. The summed E-state index contributed by atoms with van der Waals surface area (Å²) in [5.41, 5.74) is 0.613.